The van der Waals surface area contributed by atoms with Crippen LogP contribution in [-0.2, 0) is 19.2 Å². The van der Waals surface area contributed by atoms with Gasteiger partial charge in [-0.05, 0) is 69.7 Å². The number of benzene rings is 2. The summed E-state index contributed by atoms with van der Waals surface area (Å²) in [6.45, 7) is 3.84. The summed E-state index contributed by atoms with van der Waals surface area (Å²) in [5, 5.41) is 11.3. The number of likely N-dealkylation sites (tertiary alicyclic amines) is 1. The third-order valence-corrected chi connectivity index (χ3v) is 11.3. The highest BCUT2D eigenvalue weighted by atomic mass is 35.5. The Hall–Kier alpha value is -3.72. The normalized spacial score (nSPS) is 31.6. The number of ether oxygens (including phenoxy) is 1. The number of amides is 4. The molecule has 1 N–H and O–H groups in total. The van der Waals surface area contributed by atoms with Gasteiger partial charge in [-0.2, -0.15) is 0 Å². The third kappa shape index (κ3) is 4.29. The molecule has 2 aromatic rings. The van der Waals surface area contributed by atoms with Crippen LogP contribution in [0.4, 0.5) is 10.1 Å². The van der Waals surface area contributed by atoms with Crippen molar-refractivity contribution in [3.05, 3.63) is 64.5 Å². The van der Waals surface area contributed by atoms with Gasteiger partial charge in [0.15, 0.2) is 11.5 Å². The Labute approximate surface area is 266 Å². The van der Waals surface area contributed by atoms with Gasteiger partial charge in [-0.25, -0.2) is 9.29 Å². The van der Waals surface area contributed by atoms with Gasteiger partial charge >= 0.3 is 0 Å². The number of hydrogen-bond acceptors (Lipinski definition) is 6. The number of phenolic OH excluding ortho intramolecular Hbond substituents is 1. The molecule has 236 valence electrons. The molecular weight excluding hydrogens is 599 g/mol. The number of halogens is 2. The first-order valence-corrected chi connectivity index (χ1v) is 16.3. The lowest BCUT2D eigenvalue weighted by Gasteiger charge is -2.49. The molecule has 2 saturated heterocycles. The quantitative estimate of drug-likeness (QED) is 0.313. The first-order valence-electron chi connectivity index (χ1n) is 15.9. The van der Waals surface area contributed by atoms with Crippen LogP contribution in [0.15, 0.2) is 48.0 Å². The van der Waals surface area contributed by atoms with Crippen molar-refractivity contribution in [1.29, 1.82) is 0 Å². The van der Waals surface area contributed by atoms with Gasteiger partial charge in [-0.3, -0.25) is 24.1 Å². The van der Waals surface area contributed by atoms with Gasteiger partial charge in [0.05, 0.1) is 40.5 Å². The molecule has 6 atom stereocenters. The minimum absolute atomic E-state index is 0.113. The van der Waals surface area contributed by atoms with Crippen molar-refractivity contribution in [2.45, 2.75) is 70.8 Å². The second-order valence-electron chi connectivity index (χ2n) is 13.2. The largest absolute Gasteiger partial charge is 0.504 e. The van der Waals surface area contributed by atoms with E-state index in [-0.39, 0.29) is 46.5 Å². The Morgan fingerprint density at radius 3 is 2.49 bits per heavy atom. The van der Waals surface area contributed by atoms with Crippen LogP contribution in [-0.4, -0.2) is 46.3 Å². The third-order valence-electron chi connectivity index (χ3n) is 11.1. The molecule has 5 aliphatic rings. The summed E-state index contributed by atoms with van der Waals surface area (Å²) in [6.07, 6.45) is 7.13. The zero-order valence-corrected chi connectivity index (χ0v) is 26.1. The van der Waals surface area contributed by atoms with Crippen molar-refractivity contribution in [3.8, 4) is 11.5 Å². The van der Waals surface area contributed by atoms with Gasteiger partial charge in [-0.1, -0.05) is 54.6 Å². The number of hydrogen-bond donors (Lipinski definition) is 1. The average molecular weight is 635 g/mol. The van der Waals surface area contributed by atoms with E-state index in [2.05, 4.69) is 0 Å². The van der Waals surface area contributed by atoms with Gasteiger partial charge < -0.3 is 9.84 Å². The molecule has 2 saturated carbocycles. The summed E-state index contributed by atoms with van der Waals surface area (Å²) in [6, 6.07) is 8.73. The van der Waals surface area contributed by atoms with Crippen molar-refractivity contribution >= 4 is 40.9 Å². The molecule has 0 bridgehead atoms. The van der Waals surface area contributed by atoms with Crippen LogP contribution in [0.3, 0.4) is 0 Å². The Balaban J connectivity index is 1.37. The van der Waals surface area contributed by atoms with E-state index in [0.717, 1.165) is 48.6 Å². The standard InChI is InChI=1S/C35H36ClFN2O6/c1-3-45-27-11-7-10-22(30(27)40)29-20-13-14-21-28(33(43)38(31(21)41)18-8-5-4-6-9-18)23(20)17-24-32(42)39(34(44)35(24,29)2)19-12-15-26(37)25(36)16-19/h7,10-13,15-16,18,21,23-24,28-29,40H,3-6,8-9,14,17H2,1-2H3. The Morgan fingerprint density at radius 1 is 1.02 bits per heavy atom. The first kappa shape index (κ1) is 30.0. The SMILES string of the molecule is CCOc1cccc(C2C3=CCC4C(=O)N(C5CCCCC5)C(=O)C4C3CC3C(=O)N(c4ccc(F)c(Cl)c4)C(=O)C32C)c1O. The van der Waals surface area contributed by atoms with E-state index in [1.165, 1.54) is 17.0 Å². The molecule has 0 aromatic heterocycles. The number of carbonyl (C=O) groups is 4. The molecule has 6 unspecified atom stereocenters. The number of para-hydroxylation sites is 1. The highest BCUT2D eigenvalue weighted by molar-refractivity contribution is 6.31. The van der Waals surface area contributed by atoms with Gasteiger partial charge in [-0.15, -0.1) is 0 Å². The molecule has 8 nitrogen and oxygen atoms in total. The summed E-state index contributed by atoms with van der Waals surface area (Å²) < 4.78 is 19.8. The minimum Gasteiger partial charge on any atom is -0.504 e. The number of carbonyl (C=O) groups excluding carboxylic acids is 4. The zero-order valence-electron chi connectivity index (χ0n) is 25.3. The minimum atomic E-state index is -1.36. The smallest absolute Gasteiger partial charge is 0.241 e. The van der Waals surface area contributed by atoms with Crippen molar-refractivity contribution in [1.82, 2.24) is 4.90 Å². The first-order chi connectivity index (χ1) is 21.6. The summed E-state index contributed by atoms with van der Waals surface area (Å²) in [4.78, 5) is 59.5. The molecule has 4 amide bonds. The summed E-state index contributed by atoms with van der Waals surface area (Å²) in [7, 11) is 0. The van der Waals surface area contributed by atoms with E-state index < -0.39 is 52.6 Å². The van der Waals surface area contributed by atoms with E-state index in [9.17, 15) is 28.7 Å². The maximum absolute atomic E-state index is 14.6. The van der Waals surface area contributed by atoms with Gasteiger partial charge in [0.2, 0.25) is 23.6 Å². The summed E-state index contributed by atoms with van der Waals surface area (Å²) >= 11 is 6.08. The Kier molecular flexibility index (Phi) is 7.30. The predicted octanol–water partition coefficient (Wildman–Crippen LogP) is 6.15. The molecule has 2 aliphatic heterocycles. The second-order valence-corrected chi connectivity index (χ2v) is 13.6. The summed E-state index contributed by atoms with van der Waals surface area (Å²) in [5.41, 5.74) is 0.00237. The monoisotopic (exact) mass is 634 g/mol. The van der Waals surface area contributed by atoms with E-state index in [1.54, 1.807) is 32.0 Å². The highest BCUT2D eigenvalue weighted by Crippen LogP contribution is 2.65. The van der Waals surface area contributed by atoms with Crippen LogP contribution in [0, 0.1) is 34.9 Å². The molecule has 45 heavy (non-hydrogen) atoms. The van der Waals surface area contributed by atoms with Crippen LogP contribution in [0.1, 0.15) is 70.3 Å². The number of rotatable bonds is 5. The van der Waals surface area contributed by atoms with Crippen molar-refractivity contribution < 1.29 is 33.4 Å². The number of nitrogens with zero attached hydrogens (tertiary/aromatic N) is 2. The highest BCUT2D eigenvalue weighted by Gasteiger charge is 2.68. The van der Waals surface area contributed by atoms with Crippen LogP contribution >= 0.6 is 11.6 Å². The average Bonchev–Trinajstić information content (AvgIpc) is 3.40. The van der Waals surface area contributed by atoms with Crippen molar-refractivity contribution in [3.63, 3.8) is 0 Å². The van der Waals surface area contributed by atoms with Gasteiger partial charge in [0.25, 0.3) is 0 Å². The van der Waals surface area contributed by atoms with Crippen LogP contribution in [0.5, 0.6) is 11.5 Å². The number of allylic oxidation sites excluding steroid dienone is 2. The molecule has 4 fully saturated rings. The molecule has 10 heteroatoms. The maximum Gasteiger partial charge on any atom is 0.241 e. The number of imide groups is 2. The van der Waals surface area contributed by atoms with E-state index in [0.29, 0.717) is 18.6 Å². The Bertz CT molecular complexity index is 1650. The molecular formula is C35H36ClFN2O6. The summed E-state index contributed by atoms with van der Waals surface area (Å²) in [5.74, 6) is -5.18. The van der Waals surface area contributed by atoms with Crippen LogP contribution in [0.2, 0.25) is 5.02 Å². The van der Waals surface area contributed by atoms with Gasteiger partial charge in [0.1, 0.15) is 5.82 Å². The van der Waals surface area contributed by atoms with Gasteiger partial charge in [0, 0.05) is 17.5 Å². The second kappa shape index (κ2) is 11.0. The van der Waals surface area contributed by atoms with Crippen LogP contribution in [0.25, 0.3) is 0 Å². The number of aromatic hydroxyl groups is 1. The van der Waals surface area contributed by atoms with Crippen LogP contribution < -0.4 is 9.64 Å². The van der Waals surface area contributed by atoms with E-state index in [1.807, 2.05) is 6.08 Å². The molecule has 3 aliphatic carbocycles. The maximum atomic E-state index is 14.6. The lowest BCUT2D eigenvalue weighted by molar-refractivity contribution is -0.144. The number of phenols is 1. The fraction of sp³-hybridized carbons (Fsp3) is 0.486. The van der Waals surface area contributed by atoms with E-state index >= 15 is 0 Å². The fourth-order valence-electron chi connectivity index (χ4n) is 9.00. The van der Waals surface area contributed by atoms with Crippen molar-refractivity contribution in [2.24, 2.45) is 29.1 Å². The fourth-order valence-corrected chi connectivity index (χ4v) is 9.17. The Morgan fingerprint density at radius 2 is 1.78 bits per heavy atom. The predicted molar refractivity (Wildman–Crippen MR) is 164 cm³/mol. The number of anilines is 1. The molecule has 0 radical (unpaired) electrons. The molecule has 2 aromatic carbocycles. The molecule has 7 rings (SSSR count). The lowest BCUT2D eigenvalue weighted by atomic mass is 9.51. The van der Waals surface area contributed by atoms with E-state index in [4.69, 9.17) is 16.3 Å². The molecule has 0 spiro atoms. The molecule has 2 heterocycles. The zero-order chi connectivity index (χ0) is 31.8. The lowest BCUT2D eigenvalue weighted by Crippen LogP contribution is -2.49. The van der Waals surface area contributed by atoms with Crippen molar-refractivity contribution in [2.75, 3.05) is 11.5 Å². The number of fused-ring (bicyclic) bond motifs is 4. The topological polar surface area (TPSA) is 104 Å².